The summed E-state index contributed by atoms with van der Waals surface area (Å²) in [5.74, 6) is 1.30. The first-order chi connectivity index (χ1) is 14.7. The van der Waals surface area contributed by atoms with Crippen molar-refractivity contribution in [3.05, 3.63) is 89.5 Å². The average Bonchev–Trinajstić information content (AvgIpc) is 2.81. The molecule has 0 aliphatic heterocycles. The van der Waals surface area contributed by atoms with Gasteiger partial charge >= 0.3 is 0 Å². The summed E-state index contributed by atoms with van der Waals surface area (Å²) in [6, 6.07) is 21.7. The van der Waals surface area contributed by atoms with Gasteiger partial charge in [0.25, 0.3) is 0 Å². The normalized spacial score (nSPS) is 11.4. The van der Waals surface area contributed by atoms with E-state index in [2.05, 4.69) is 10.2 Å². The zero-order valence-electron chi connectivity index (χ0n) is 17.0. The van der Waals surface area contributed by atoms with Crippen LogP contribution < -0.4 is 14.2 Å². The molecule has 0 bridgehead atoms. The minimum atomic E-state index is -0.205. The van der Waals surface area contributed by atoms with Crippen molar-refractivity contribution in [3.8, 4) is 17.2 Å². The fourth-order valence-electron chi connectivity index (χ4n) is 2.89. The van der Waals surface area contributed by atoms with Gasteiger partial charge < -0.3 is 14.2 Å². The molecule has 3 rings (SSSR count). The second kappa shape index (κ2) is 10.0. The maximum absolute atomic E-state index is 13.0. The molecule has 152 valence electrons. The molecule has 6 heteroatoms. The van der Waals surface area contributed by atoms with Crippen LogP contribution in [-0.4, -0.2) is 39.0 Å². The molecule has 30 heavy (non-hydrogen) atoms. The van der Waals surface area contributed by atoms with E-state index in [1.165, 1.54) is 6.21 Å². The van der Waals surface area contributed by atoms with Gasteiger partial charge in [0.1, 0.15) is 5.71 Å². The Hall–Kier alpha value is -3.93. The second-order valence-corrected chi connectivity index (χ2v) is 6.21. The number of carbonyl (C=O) groups excluding carboxylic acids is 1. The van der Waals surface area contributed by atoms with Gasteiger partial charge in [0.05, 0.1) is 27.5 Å². The summed E-state index contributed by atoms with van der Waals surface area (Å²) in [5.41, 5.74) is 2.18. The van der Waals surface area contributed by atoms with Crippen LogP contribution in [0.4, 0.5) is 0 Å². The minimum absolute atomic E-state index is 0.205. The SMILES string of the molecule is COc1cc(/C=N/N=C(\C(=O)c2ccccc2)c2ccccc2)cc(OC)c1OC. The largest absolute Gasteiger partial charge is 0.493 e. The van der Waals surface area contributed by atoms with E-state index in [1.54, 1.807) is 45.6 Å². The van der Waals surface area contributed by atoms with Crippen LogP contribution in [0.5, 0.6) is 17.2 Å². The van der Waals surface area contributed by atoms with Crippen molar-refractivity contribution in [2.24, 2.45) is 10.2 Å². The average molecular weight is 402 g/mol. The molecule has 0 saturated carbocycles. The number of nitrogens with zero attached hydrogens (tertiary/aromatic N) is 2. The standard InChI is InChI=1S/C24H22N2O4/c1-28-20-14-17(15-21(29-2)24(20)30-3)16-25-26-22(18-10-6-4-7-11-18)23(27)19-12-8-5-9-13-19/h4-16H,1-3H3/b25-16+,26-22-. The summed E-state index contributed by atoms with van der Waals surface area (Å²) in [6.45, 7) is 0. The topological polar surface area (TPSA) is 69.5 Å². The molecule has 0 unspecified atom stereocenters. The molecule has 6 nitrogen and oxygen atoms in total. The van der Waals surface area contributed by atoms with Gasteiger partial charge in [-0.15, -0.1) is 5.10 Å². The Morgan fingerprint density at radius 1 is 0.767 bits per heavy atom. The van der Waals surface area contributed by atoms with E-state index < -0.39 is 0 Å². The third kappa shape index (κ3) is 4.72. The first-order valence-electron chi connectivity index (χ1n) is 9.24. The van der Waals surface area contributed by atoms with E-state index in [0.717, 1.165) is 0 Å². The smallest absolute Gasteiger partial charge is 0.213 e. The van der Waals surface area contributed by atoms with Gasteiger partial charge in [-0.1, -0.05) is 60.7 Å². The van der Waals surface area contributed by atoms with Crippen molar-refractivity contribution in [2.75, 3.05) is 21.3 Å². The molecule has 0 heterocycles. The van der Waals surface area contributed by atoms with E-state index in [9.17, 15) is 4.79 Å². The molecule has 3 aromatic rings. The summed E-state index contributed by atoms with van der Waals surface area (Å²) < 4.78 is 16.0. The zero-order valence-corrected chi connectivity index (χ0v) is 17.0. The Morgan fingerprint density at radius 3 is 1.80 bits per heavy atom. The lowest BCUT2D eigenvalue weighted by Gasteiger charge is -2.12. The lowest BCUT2D eigenvalue weighted by Crippen LogP contribution is -2.15. The monoisotopic (exact) mass is 402 g/mol. The molecule has 0 spiro atoms. The van der Waals surface area contributed by atoms with Gasteiger partial charge in [0.15, 0.2) is 11.5 Å². The Kier molecular flexibility index (Phi) is 6.95. The number of Topliss-reactive ketones (excluding diaryl/α,β-unsaturated/α-hetero) is 1. The Balaban J connectivity index is 1.99. The Labute approximate surface area is 175 Å². The van der Waals surface area contributed by atoms with Crippen LogP contribution >= 0.6 is 0 Å². The highest BCUT2D eigenvalue weighted by molar-refractivity contribution is 6.51. The van der Waals surface area contributed by atoms with Crippen molar-refractivity contribution in [2.45, 2.75) is 0 Å². The van der Waals surface area contributed by atoms with Crippen molar-refractivity contribution in [1.82, 2.24) is 0 Å². The number of ether oxygens (including phenoxy) is 3. The minimum Gasteiger partial charge on any atom is -0.493 e. The molecule has 3 aromatic carbocycles. The van der Waals surface area contributed by atoms with E-state index in [-0.39, 0.29) is 11.5 Å². The fourth-order valence-corrected chi connectivity index (χ4v) is 2.89. The van der Waals surface area contributed by atoms with E-state index in [4.69, 9.17) is 14.2 Å². The number of hydrogen-bond donors (Lipinski definition) is 0. The lowest BCUT2D eigenvalue weighted by atomic mass is 10.0. The summed E-state index contributed by atoms with van der Waals surface area (Å²) in [6.07, 6.45) is 1.53. The van der Waals surface area contributed by atoms with Crippen molar-refractivity contribution in [3.63, 3.8) is 0 Å². The molecule has 0 N–H and O–H groups in total. The first-order valence-corrected chi connectivity index (χ1v) is 9.24. The number of methoxy groups -OCH3 is 3. The van der Waals surface area contributed by atoms with Crippen molar-refractivity contribution in [1.29, 1.82) is 0 Å². The third-order valence-electron chi connectivity index (χ3n) is 4.35. The molecule has 0 amide bonds. The van der Waals surface area contributed by atoms with Gasteiger partial charge in [-0.2, -0.15) is 5.10 Å². The highest BCUT2D eigenvalue weighted by Crippen LogP contribution is 2.37. The number of hydrogen-bond acceptors (Lipinski definition) is 6. The molecule has 0 atom stereocenters. The highest BCUT2D eigenvalue weighted by Gasteiger charge is 2.16. The molecule has 0 fully saturated rings. The van der Waals surface area contributed by atoms with Crippen molar-refractivity contribution < 1.29 is 19.0 Å². The van der Waals surface area contributed by atoms with Crippen LogP contribution in [0.15, 0.2) is 83.0 Å². The first kappa shape index (κ1) is 20.8. The van der Waals surface area contributed by atoms with Gasteiger partial charge in [-0.05, 0) is 12.1 Å². The van der Waals surface area contributed by atoms with Crippen LogP contribution in [0.3, 0.4) is 0 Å². The maximum Gasteiger partial charge on any atom is 0.213 e. The van der Waals surface area contributed by atoms with Crippen LogP contribution in [0.25, 0.3) is 0 Å². The molecule has 0 saturated heterocycles. The number of ketones is 1. The quantitative estimate of drug-likeness (QED) is 0.318. The number of carbonyl (C=O) groups is 1. The molecular formula is C24H22N2O4. The molecule has 0 aliphatic rings. The van der Waals surface area contributed by atoms with Crippen LogP contribution in [0.2, 0.25) is 0 Å². The lowest BCUT2D eigenvalue weighted by molar-refractivity contribution is 0.106. The number of rotatable bonds is 8. The highest BCUT2D eigenvalue weighted by atomic mass is 16.5. The zero-order chi connectivity index (χ0) is 21.3. The summed E-state index contributed by atoms with van der Waals surface area (Å²) in [7, 11) is 4.63. The third-order valence-corrected chi connectivity index (χ3v) is 4.35. The Morgan fingerprint density at radius 2 is 1.30 bits per heavy atom. The summed E-state index contributed by atoms with van der Waals surface area (Å²) >= 11 is 0. The van der Waals surface area contributed by atoms with Gasteiger partial charge in [0, 0.05) is 16.7 Å². The predicted octanol–water partition coefficient (Wildman–Crippen LogP) is 4.42. The maximum atomic E-state index is 13.0. The Bertz CT molecular complexity index is 1040. The second-order valence-electron chi connectivity index (χ2n) is 6.21. The van der Waals surface area contributed by atoms with Crippen LogP contribution in [-0.2, 0) is 0 Å². The van der Waals surface area contributed by atoms with Crippen LogP contribution in [0, 0.1) is 0 Å². The van der Waals surface area contributed by atoms with Gasteiger partial charge in [0.2, 0.25) is 11.5 Å². The fraction of sp³-hybridized carbons (Fsp3) is 0.125. The molecule has 0 radical (unpaired) electrons. The summed E-state index contributed by atoms with van der Waals surface area (Å²) in [4.78, 5) is 13.0. The predicted molar refractivity (Wildman–Crippen MR) is 117 cm³/mol. The molecule has 0 aromatic heterocycles. The van der Waals surface area contributed by atoms with E-state index in [0.29, 0.717) is 33.9 Å². The van der Waals surface area contributed by atoms with Crippen molar-refractivity contribution >= 4 is 17.7 Å². The summed E-state index contributed by atoms with van der Waals surface area (Å²) in [5, 5.41) is 8.40. The van der Waals surface area contributed by atoms with Gasteiger partial charge in [-0.3, -0.25) is 4.79 Å². The van der Waals surface area contributed by atoms with E-state index in [1.807, 2.05) is 48.5 Å². The molecular weight excluding hydrogens is 380 g/mol. The number of benzene rings is 3. The van der Waals surface area contributed by atoms with E-state index >= 15 is 0 Å². The van der Waals surface area contributed by atoms with Gasteiger partial charge in [-0.25, -0.2) is 0 Å². The molecule has 0 aliphatic carbocycles. The van der Waals surface area contributed by atoms with Crippen LogP contribution in [0.1, 0.15) is 21.5 Å².